The van der Waals surface area contributed by atoms with Gasteiger partial charge in [-0.05, 0) is 59.9 Å². The summed E-state index contributed by atoms with van der Waals surface area (Å²) in [5.41, 5.74) is 5.06. The van der Waals surface area contributed by atoms with Gasteiger partial charge in [0, 0.05) is 16.3 Å². The third kappa shape index (κ3) is 5.39. The van der Waals surface area contributed by atoms with E-state index in [4.69, 9.17) is 0 Å². The van der Waals surface area contributed by atoms with Gasteiger partial charge in [-0.15, -0.1) is 0 Å². The van der Waals surface area contributed by atoms with E-state index in [0.29, 0.717) is 5.69 Å². The average Bonchev–Trinajstić information content (AvgIpc) is 3.20. The van der Waals surface area contributed by atoms with Crippen LogP contribution >= 0.6 is 0 Å². The molecule has 0 amide bonds. The molecule has 0 saturated heterocycles. The van der Waals surface area contributed by atoms with E-state index in [1.807, 2.05) is 18.2 Å². The van der Waals surface area contributed by atoms with Crippen LogP contribution in [-0.2, 0) is 16.4 Å². The summed E-state index contributed by atoms with van der Waals surface area (Å²) < 4.78 is 0. The van der Waals surface area contributed by atoms with Crippen LogP contribution in [0.3, 0.4) is 0 Å². The van der Waals surface area contributed by atoms with E-state index in [1.165, 1.54) is 11.1 Å². The highest BCUT2D eigenvalue weighted by molar-refractivity contribution is 5.88. The first-order chi connectivity index (χ1) is 17.1. The molecule has 0 unspecified atom stereocenters. The molecule has 2 nitrogen and oxygen atoms in total. The molecule has 0 aliphatic heterocycles. The van der Waals surface area contributed by atoms with Crippen LogP contribution in [0.25, 0.3) is 10.9 Å². The van der Waals surface area contributed by atoms with Crippen LogP contribution in [0.2, 0.25) is 0 Å². The molecular weight excluding hydrogens is 450 g/mol. The van der Waals surface area contributed by atoms with Gasteiger partial charge in [0.15, 0.2) is 5.60 Å². The fourth-order valence-electron chi connectivity index (χ4n) is 4.67. The number of hydrogen-bond donors (Lipinski definition) is 2. The van der Waals surface area contributed by atoms with E-state index in [2.05, 4.69) is 134 Å². The second-order valence-electron chi connectivity index (χ2n) is 13.3. The predicted molar refractivity (Wildman–Crippen MR) is 157 cm³/mol. The van der Waals surface area contributed by atoms with E-state index >= 15 is 0 Å². The van der Waals surface area contributed by atoms with Gasteiger partial charge >= 0.3 is 0 Å². The Morgan fingerprint density at radius 3 is 1.46 bits per heavy atom. The van der Waals surface area contributed by atoms with Crippen LogP contribution in [0.5, 0.6) is 0 Å². The van der Waals surface area contributed by atoms with E-state index in [9.17, 15) is 5.11 Å². The van der Waals surface area contributed by atoms with Gasteiger partial charge in [-0.3, -0.25) is 0 Å². The van der Waals surface area contributed by atoms with Crippen LogP contribution in [-0.4, -0.2) is 10.1 Å². The zero-order valence-corrected chi connectivity index (χ0v) is 23.9. The first-order valence-corrected chi connectivity index (χ1v) is 13.2. The normalized spacial score (nSPS) is 12.9. The summed E-state index contributed by atoms with van der Waals surface area (Å²) in [6.45, 7) is 19.6. The molecule has 0 fully saturated rings. The number of fused-ring (bicyclic) bond motifs is 1. The van der Waals surface area contributed by atoms with E-state index in [0.717, 1.165) is 27.6 Å². The van der Waals surface area contributed by atoms with Crippen molar-refractivity contribution in [1.29, 1.82) is 0 Å². The zero-order chi connectivity index (χ0) is 27.2. The standard InChI is InChI=1S/C35H41NO/c1-32(2,3)23-22-29-28-12-10-11-13-30(28)36-31(29)35(37,26-18-14-24(15-19-26)33(4,5)6)27-20-16-25(17-21-27)34(7,8)9/h10-21,36-37H,1-9H3. The predicted octanol–water partition coefficient (Wildman–Crippen LogP) is 8.44. The first kappa shape index (κ1) is 26.8. The number of aliphatic hydroxyl groups is 1. The Balaban J connectivity index is 2.03. The number of hydrogen-bond acceptors (Lipinski definition) is 1. The quantitative estimate of drug-likeness (QED) is 0.277. The van der Waals surface area contributed by atoms with Crippen molar-refractivity contribution in [2.24, 2.45) is 5.41 Å². The van der Waals surface area contributed by atoms with E-state index in [-0.39, 0.29) is 16.2 Å². The van der Waals surface area contributed by atoms with Crippen LogP contribution in [0.4, 0.5) is 0 Å². The van der Waals surface area contributed by atoms with E-state index in [1.54, 1.807) is 0 Å². The monoisotopic (exact) mass is 491 g/mol. The average molecular weight is 492 g/mol. The molecule has 1 heterocycles. The van der Waals surface area contributed by atoms with Crippen molar-refractivity contribution < 1.29 is 5.11 Å². The van der Waals surface area contributed by atoms with Gasteiger partial charge in [-0.1, -0.05) is 120 Å². The topological polar surface area (TPSA) is 36.0 Å². The summed E-state index contributed by atoms with van der Waals surface area (Å²) in [5, 5.41) is 13.8. The lowest BCUT2D eigenvalue weighted by molar-refractivity contribution is 0.121. The molecule has 0 radical (unpaired) electrons. The SMILES string of the molecule is CC(C)(C)C#Cc1c(C(O)(c2ccc(C(C)(C)C)cc2)c2ccc(C(C)(C)C)cc2)[nH]c2ccccc12. The molecule has 0 spiro atoms. The lowest BCUT2D eigenvalue weighted by Crippen LogP contribution is -2.31. The number of para-hydroxylation sites is 1. The molecule has 2 heteroatoms. The molecule has 0 atom stereocenters. The van der Waals surface area contributed by atoms with Gasteiger partial charge in [-0.25, -0.2) is 0 Å². The summed E-state index contributed by atoms with van der Waals surface area (Å²) >= 11 is 0. The lowest BCUT2D eigenvalue weighted by atomic mass is 9.78. The number of aromatic nitrogens is 1. The largest absolute Gasteiger partial charge is 0.374 e. The highest BCUT2D eigenvalue weighted by Crippen LogP contribution is 2.41. The molecule has 0 saturated carbocycles. The highest BCUT2D eigenvalue weighted by atomic mass is 16.3. The molecule has 3 aromatic carbocycles. The molecule has 4 aromatic rings. The molecule has 2 N–H and O–H groups in total. The minimum atomic E-state index is -1.41. The number of rotatable bonds is 3. The number of aromatic amines is 1. The van der Waals surface area contributed by atoms with Gasteiger partial charge in [0.25, 0.3) is 0 Å². The maximum atomic E-state index is 12.8. The second kappa shape index (κ2) is 9.23. The smallest absolute Gasteiger partial charge is 0.156 e. The summed E-state index contributed by atoms with van der Waals surface area (Å²) in [6.07, 6.45) is 0. The Bertz CT molecular complexity index is 1390. The van der Waals surface area contributed by atoms with Crippen molar-refractivity contribution in [2.75, 3.05) is 0 Å². The number of nitrogens with one attached hydrogen (secondary N) is 1. The van der Waals surface area contributed by atoms with Crippen molar-refractivity contribution in [3.05, 3.63) is 106 Å². The highest BCUT2D eigenvalue weighted by Gasteiger charge is 2.38. The van der Waals surface area contributed by atoms with Crippen LogP contribution in [0.15, 0.2) is 72.8 Å². The minimum absolute atomic E-state index is 0.0233. The van der Waals surface area contributed by atoms with Gasteiger partial charge in [0.1, 0.15) is 0 Å². The summed E-state index contributed by atoms with van der Waals surface area (Å²) in [7, 11) is 0. The lowest BCUT2D eigenvalue weighted by Gasteiger charge is -2.31. The third-order valence-electron chi connectivity index (χ3n) is 6.97. The Labute approximate surface area is 223 Å². The fourth-order valence-corrected chi connectivity index (χ4v) is 4.67. The van der Waals surface area contributed by atoms with Crippen LogP contribution in [0, 0.1) is 17.3 Å². The summed E-state index contributed by atoms with van der Waals surface area (Å²) in [6, 6.07) is 24.9. The molecule has 1 aromatic heterocycles. The molecule has 0 aliphatic carbocycles. The minimum Gasteiger partial charge on any atom is -0.374 e. The van der Waals surface area contributed by atoms with Gasteiger partial charge < -0.3 is 10.1 Å². The van der Waals surface area contributed by atoms with Crippen molar-refractivity contribution in [3.8, 4) is 11.8 Å². The number of benzene rings is 3. The van der Waals surface area contributed by atoms with Crippen molar-refractivity contribution in [1.82, 2.24) is 4.98 Å². The molecular formula is C35H41NO. The summed E-state index contributed by atoms with van der Waals surface area (Å²) in [5.74, 6) is 6.86. The van der Waals surface area contributed by atoms with Crippen molar-refractivity contribution in [3.63, 3.8) is 0 Å². The van der Waals surface area contributed by atoms with Gasteiger partial charge in [0.2, 0.25) is 0 Å². The second-order valence-corrected chi connectivity index (χ2v) is 13.3. The molecule has 37 heavy (non-hydrogen) atoms. The Hall–Kier alpha value is -3.28. The maximum absolute atomic E-state index is 12.8. The maximum Gasteiger partial charge on any atom is 0.156 e. The fraction of sp³-hybridized carbons (Fsp3) is 0.371. The summed E-state index contributed by atoms with van der Waals surface area (Å²) in [4.78, 5) is 3.58. The molecule has 192 valence electrons. The van der Waals surface area contributed by atoms with Gasteiger partial charge in [0.05, 0.1) is 11.3 Å². The van der Waals surface area contributed by atoms with Crippen LogP contribution in [0.1, 0.15) is 95.8 Å². The molecule has 0 bridgehead atoms. The van der Waals surface area contributed by atoms with Gasteiger partial charge in [-0.2, -0.15) is 0 Å². The molecule has 4 rings (SSSR count). The van der Waals surface area contributed by atoms with E-state index < -0.39 is 5.60 Å². The Kier molecular flexibility index (Phi) is 6.68. The van der Waals surface area contributed by atoms with Crippen molar-refractivity contribution >= 4 is 10.9 Å². The Morgan fingerprint density at radius 2 is 1.03 bits per heavy atom. The van der Waals surface area contributed by atoms with Crippen molar-refractivity contribution in [2.45, 2.75) is 78.7 Å². The third-order valence-corrected chi connectivity index (χ3v) is 6.97. The molecule has 0 aliphatic rings. The Morgan fingerprint density at radius 1 is 0.595 bits per heavy atom. The first-order valence-electron chi connectivity index (χ1n) is 13.2. The number of H-pyrrole nitrogens is 1. The zero-order valence-electron chi connectivity index (χ0n) is 23.9. The van der Waals surface area contributed by atoms with Crippen LogP contribution < -0.4 is 0 Å².